The molecule has 126 valence electrons. The molecule has 1 aliphatic rings. The summed E-state index contributed by atoms with van der Waals surface area (Å²) in [6, 6.07) is 15.0. The van der Waals surface area contributed by atoms with E-state index in [9.17, 15) is 9.18 Å². The normalized spacial score (nSPS) is 16.4. The summed E-state index contributed by atoms with van der Waals surface area (Å²) >= 11 is 1.63. The lowest BCUT2D eigenvalue weighted by molar-refractivity contribution is -0.116. The molecule has 1 amide bonds. The molecule has 1 aliphatic heterocycles. The largest absolute Gasteiger partial charge is 0.325 e. The Morgan fingerprint density at radius 1 is 1.20 bits per heavy atom. The summed E-state index contributed by atoms with van der Waals surface area (Å²) in [6.45, 7) is 2.13. The minimum Gasteiger partial charge on any atom is -0.325 e. The Labute approximate surface area is 150 Å². The number of hydrogen-bond acceptors (Lipinski definition) is 2. The van der Waals surface area contributed by atoms with Gasteiger partial charge in [-0.05, 0) is 35.2 Å². The molecule has 1 atom stereocenters. The van der Waals surface area contributed by atoms with Gasteiger partial charge in [0.2, 0.25) is 5.91 Å². The highest BCUT2D eigenvalue weighted by atomic mass is 32.1. The van der Waals surface area contributed by atoms with Crippen LogP contribution in [0.25, 0.3) is 11.1 Å². The fourth-order valence-electron chi connectivity index (χ4n) is 3.35. The molecule has 0 bridgehead atoms. The van der Waals surface area contributed by atoms with E-state index in [1.165, 1.54) is 17.7 Å². The van der Waals surface area contributed by atoms with Crippen molar-refractivity contribution in [3.05, 3.63) is 75.7 Å². The number of benzene rings is 2. The van der Waals surface area contributed by atoms with E-state index in [1.807, 2.05) is 11.4 Å². The van der Waals surface area contributed by atoms with Gasteiger partial charge in [-0.25, -0.2) is 4.39 Å². The van der Waals surface area contributed by atoms with E-state index in [-0.39, 0.29) is 17.6 Å². The summed E-state index contributed by atoms with van der Waals surface area (Å²) in [5.74, 6) is -0.207. The Hall–Kier alpha value is -2.46. The average molecular weight is 351 g/mol. The zero-order valence-corrected chi connectivity index (χ0v) is 14.7. The average Bonchev–Trinajstić information content (AvgIpc) is 3.05. The molecule has 0 fully saturated rings. The summed E-state index contributed by atoms with van der Waals surface area (Å²) in [7, 11) is 0. The third kappa shape index (κ3) is 2.98. The van der Waals surface area contributed by atoms with Crippen LogP contribution in [0.1, 0.15) is 35.3 Å². The molecule has 2 aromatic carbocycles. The smallest absolute Gasteiger partial charge is 0.225 e. The van der Waals surface area contributed by atoms with Crippen molar-refractivity contribution in [2.24, 2.45) is 0 Å². The predicted octanol–water partition coefficient (Wildman–Crippen LogP) is 5.59. The third-order valence-electron chi connectivity index (χ3n) is 4.72. The Morgan fingerprint density at radius 2 is 2.00 bits per heavy atom. The van der Waals surface area contributed by atoms with Crippen LogP contribution < -0.4 is 5.32 Å². The summed E-state index contributed by atoms with van der Waals surface area (Å²) in [5, 5.41) is 5.01. The second-order valence-corrected chi connectivity index (χ2v) is 7.21. The van der Waals surface area contributed by atoms with Crippen LogP contribution in [0.5, 0.6) is 0 Å². The van der Waals surface area contributed by atoms with Gasteiger partial charge in [0.25, 0.3) is 0 Å². The number of anilines is 1. The van der Waals surface area contributed by atoms with Crippen molar-refractivity contribution < 1.29 is 9.18 Å². The molecule has 1 N–H and O–H groups in total. The fraction of sp³-hybridized carbons (Fsp3) is 0.190. The van der Waals surface area contributed by atoms with Crippen LogP contribution in [-0.2, 0) is 11.2 Å². The predicted molar refractivity (Wildman–Crippen MR) is 101 cm³/mol. The van der Waals surface area contributed by atoms with Crippen molar-refractivity contribution in [3.63, 3.8) is 0 Å². The van der Waals surface area contributed by atoms with Crippen LogP contribution >= 0.6 is 11.3 Å². The molecule has 25 heavy (non-hydrogen) atoms. The Morgan fingerprint density at radius 3 is 2.72 bits per heavy atom. The first-order valence-corrected chi connectivity index (χ1v) is 9.29. The Bertz CT molecular complexity index is 929. The molecule has 0 aliphatic carbocycles. The quantitative estimate of drug-likeness (QED) is 0.655. The van der Waals surface area contributed by atoms with Crippen molar-refractivity contribution in [2.45, 2.75) is 25.7 Å². The van der Waals surface area contributed by atoms with Crippen LogP contribution in [-0.4, -0.2) is 5.91 Å². The number of carbonyl (C=O) groups excluding carboxylic acids is 1. The topological polar surface area (TPSA) is 29.1 Å². The van der Waals surface area contributed by atoms with Gasteiger partial charge in [0.05, 0.1) is 5.69 Å². The maximum atomic E-state index is 13.6. The monoisotopic (exact) mass is 351 g/mol. The minimum absolute atomic E-state index is 0.00752. The van der Waals surface area contributed by atoms with Gasteiger partial charge in [-0.15, -0.1) is 11.3 Å². The summed E-state index contributed by atoms with van der Waals surface area (Å²) in [6.07, 6.45) is 1.45. The van der Waals surface area contributed by atoms with E-state index >= 15 is 0 Å². The van der Waals surface area contributed by atoms with Crippen molar-refractivity contribution in [3.8, 4) is 11.1 Å². The lowest BCUT2D eigenvalue weighted by Crippen LogP contribution is -2.22. The maximum Gasteiger partial charge on any atom is 0.225 e. The standard InChI is InChI=1S/C21H18FNOS/c1-2-13-6-8-14(9-7-13)17-11-19(24)23-20-18(12-25-21(17)20)15-4-3-5-16(22)10-15/h3-10,12,17H,2,11H2,1H3,(H,23,24)/t17-/m0/s1. The molecule has 3 aromatic rings. The first-order chi connectivity index (χ1) is 12.2. The molecule has 1 aromatic heterocycles. The van der Waals surface area contributed by atoms with Gasteiger partial charge in [-0.1, -0.05) is 43.3 Å². The molecule has 2 heterocycles. The molecule has 0 unspecified atom stereocenters. The van der Waals surface area contributed by atoms with Gasteiger partial charge < -0.3 is 5.32 Å². The maximum absolute atomic E-state index is 13.6. The second-order valence-electron chi connectivity index (χ2n) is 6.30. The van der Waals surface area contributed by atoms with Gasteiger partial charge >= 0.3 is 0 Å². The molecule has 0 saturated carbocycles. The molecule has 0 radical (unpaired) electrons. The zero-order valence-electron chi connectivity index (χ0n) is 13.9. The van der Waals surface area contributed by atoms with Crippen molar-refractivity contribution in [1.82, 2.24) is 0 Å². The zero-order chi connectivity index (χ0) is 17.4. The second kappa shape index (κ2) is 6.45. The van der Waals surface area contributed by atoms with Gasteiger partial charge in [0.15, 0.2) is 0 Å². The SMILES string of the molecule is CCc1ccc([C@@H]2CC(=O)Nc3c(-c4cccc(F)c4)csc32)cc1. The number of aryl methyl sites for hydroxylation is 1. The van der Waals surface area contributed by atoms with Crippen LogP contribution in [0.4, 0.5) is 10.1 Å². The van der Waals surface area contributed by atoms with E-state index in [1.54, 1.807) is 17.4 Å². The molecular weight excluding hydrogens is 333 g/mol. The van der Waals surface area contributed by atoms with E-state index < -0.39 is 0 Å². The highest BCUT2D eigenvalue weighted by Gasteiger charge is 2.30. The Balaban J connectivity index is 1.78. The molecule has 4 rings (SSSR count). The number of fused-ring (bicyclic) bond motifs is 1. The van der Waals surface area contributed by atoms with Crippen LogP contribution in [0.15, 0.2) is 53.9 Å². The number of halogens is 1. The summed E-state index contributed by atoms with van der Waals surface area (Å²) in [4.78, 5) is 13.4. The van der Waals surface area contributed by atoms with Gasteiger partial charge in [0, 0.05) is 28.2 Å². The molecule has 0 saturated heterocycles. The van der Waals surface area contributed by atoms with Gasteiger partial charge in [-0.3, -0.25) is 4.79 Å². The van der Waals surface area contributed by atoms with E-state index in [2.05, 4.69) is 36.5 Å². The van der Waals surface area contributed by atoms with Crippen LogP contribution in [0, 0.1) is 5.82 Å². The highest BCUT2D eigenvalue weighted by molar-refractivity contribution is 7.11. The van der Waals surface area contributed by atoms with E-state index in [0.29, 0.717) is 6.42 Å². The number of hydrogen-bond donors (Lipinski definition) is 1. The summed E-state index contributed by atoms with van der Waals surface area (Å²) in [5.41, 5.74) is 4.95. The first-order valence-electron chi connectivity index (χ1n) is 8.41. The molecule has 2 nitrogen and oxygen atoms in total. The summed E-state index contributed by atoms with van der Waals surface area (Å²) < 4.78 is 13.6. The van der Waals surface area contributed by atoms with E-state index in [0.717, 1.165) is 33.7 Å². The Kier molecular flexibility index (Phi) is 4.14. The number of amides is 1. The highest BCUT2D eigenvalue weighted by Crippen LogP contribution is 2.46. The van der Waals surface area contributed by atoms with Gasteiger partial charge in [0.1, 0.15) is 5.82 Å². The van der Waals surface area contributed by atoms with Crippen molar-refractivity contribution >= 4 is 22.9 Å². The number of nitrogens with one attached hydrogen (secondary N) is 1. The molecular formula is C21H18FNOS. The lowest BCUT2D eigenvalue weighted by atomic mass is 9.88. The fourth-order valence-corrected chi connectivity index (χ4v) is 4.51. The molecule has 4 heteroatoms. The van der Waals surface area contributed by atoms with Crippen LogP contribution in [0.2, 0.25) is 0 Å². The lowest BCUT2D eigenvalue weighted by Gasteiger charge is -2.24. The van der Waals surface area contributed by atoms with Crippen LogP contribution in [0.3, 0.4) is 0 Å². The van der Waals surface area contributed by atoms with Crippen molar-refractivity contribution in [1.29, 1.82) is 0 Å². The number of carbonyl (C=O) groups is 1. The first kappa shape index (κ1) is 16.0. The number of rotatable bonds is 3. The van der Waals surface area contributed by atoms with Gasteiger partial charge in [-0.2, -0.15) is 0 Å². The van der Waals surface area contributed by atoms with Crippen molar-refractivity contribution in [2.75, 3.05) is 5.32 Å². The third-order valence-corrected chi connectivity index (χ3v) is 5.81. The number of thiophene rings is 1. The minimum atomic E-state index is -0.272. The molecule has 0 spiro atoms. The van der Waals surface area contributed by atoms with E-state index in [4.69, 9.17) is 0 Å².